The molecule has 0 aliphatic rings. The van der Waals surface area contributed by atoms with Crippen molar-refractivity contribution in [2.45, 2.75) is 45.6 Å². The van der Waals surface area contributed by atoms with Crippen LogP contribution in [0.15, 0.2) is 18.5 Å². The summed E-state index contributed by atoms with van der Waals surface area (Å²) in [6.45, 7) is 4.08. The Kier molecular flexibility index (Phi) is 6.49. The van der Waals surface area contributed by atoms with E-state index in [2.05, 4.69) is 22.5 Å². The van der Waals surface area contributed by atoms with Crippen molar-refractivity contribution >= 4 is 17.7 Å². The first kappa shape index (κ1) is 15.9. The first-order valence-corrected chi connectivity index (χ1v) is 6.78. The SMILES string of the molecule is CCCCCC(C)NC(=O)Nc1cncc(C(=O)O)c1. The molecule has 0 spiro atoms. The van der Waals surface area contributed by atoms with Crippen LogP contribution in [0.25, 0.3) is 0 Å². The van der Waals surface area contributed by atoms with Gasteiger partial charge < -0.3 is 15.7 Å². The van der Waals surface area contributed by atoms with E-state index in [4.69, 9.17) is 5.11 Å². The maximum absolute atomic E-state index is 11.7. The van der Waals surface area contributed by atoms with Crippen LogP contribution in [0.3, 0.4) is 0 Å². The molecule has 0 fully saturated rings. The molecular formula is C14H21N3O3. The molecule has 1 rings (SSSR count). The second-order valence-electron chi connectivity index (χ2n) is 4.76. The Morgan fingerprint density at radius 1 is 1.35 bits per heavy atom. The fourth-order valence-corrected chi connectivity index (χ4v) is 1.79. The Morgan fingerprint density at radius 2 is 2.10 bits per heavy atom. The van der Waals surface area contributed by atoms with Gasteiger partial charge in [0, 0.05) is 12.2 Å². The number of urea groups is 1. The monoisotopic (exact) mass is 279 g/mol. The summed E-state index contributed by atoms with van der Waals surface area (Å²) in [6, 6.07) is 1.10. The zero-order valence-electron chi connectivity index (χ0n) is 11.8. The summed E-state index contributed by atoms with van der Waals surface area (Å²) >= 11 is 0. The van der Waals surface area contributed by atoms with Crippen molar-refractivity contribution in [2.75, 3.05) is 5.32 Å². The van der Waals surface area contributed by atoms with Gasteiger partial charge in [0.25, 0.3) is 0 Å². The van der Waals surface area contributed by atoms with Gasteiger partial charge in [-0.2, -0.15) is 0 Å². The number of amides is 2. The average molecular weight is 279 g/mol. The van der Waals surface area contributed by atoms with Crippen LogP contribution in [-0.2, 0) is 0 Å². The van der Waals surface area contributed by atoms with E-state index in [0.29, 0.717) is 5.69 Å². The number of rotatable bonds is 7. The quantitative estimate of drug-likeness (QED) is 0.669. The maximum Gasteiger partial charge on any atom is 0.337 e. The van der Waals surface area contributed by atoms with Gasteiger partial charge in [0.1, 0.15) is 0 Å². The lowest BCUT2D eigenvalue weighted by molar-refractivity contribution is 0.0696. The molecule has 20 heavy (non-hydrogen) atoms. The molecular weight excluding hydrogens is 258 g/mol. The first-order valence-electron chi connectivity index (χ1n) is 6.78. The number of anilines is 1. The highest BCUT2D eigenvalue weighted by Crippen LogP contribution is 2.08. The number of carboxylic acids is 1. The normalized spacial score (nSPS) is 11.7. The van der Waals surface area contributed by atoms with Crippen molar-refractivity contribution in [3.05, 3.63) is 24.0 Å². The molecule has 0 saturated carbocycles. The zero-order chi connectivity index (χ0) is 15.0. The standard InChI is InChI=1S/C14H21N3O3/c1-3-4-5-6-10(2)16-14(20)17-12-7-11(13(18)19)8-15-9-12/h7-10H,3-6H2,1-2H3,(H,18,19)(H2,16,17,20). The summed E-state index contributed by atoms with van der Waals surface area (Å²) in [7, 11) is 0. The van der Waals surface area contributed by atoms with Gasteiger partial charge in [-0.1, -0.05) is 26.2 Å². The van der Waals surface area contributed by atoms with E-state index in [1.807, 2.05) is 6.92 Å². The Labute approximate surface area is 118 Å². The maximum atomic E-state index is 11.7. The summed E-state index contributed by atoms with van der Waals surface area (Å²) in [5.74, 6) is -1.07. The van der Waals surface area contributed by atoms with E-state index in [0.717, 1.165) is 25.7 Å². The van der Waals surface area contributed by atoms with Gasteiger partial charge in [-0.25, -0.2) is 9.59 Å². The first-order chi connectivity index (χ1) is 9.52. The van der Waals surface area contributed by atoms with Gasteiger partial charge >= 0.3 is 12.0 Å². The minimum atomic E-state index is -1.07. The van der Waals surface area contributed by atoms with Crippen LogP contribution >= 0.6 is 0 Å². The second kappa shape index (κ2) is 8.14. The van der Waals surface area contributed by atoms with Gasteiger partial charge in [-0.3, -0.25) is 4.98 Å². The predicted octanol–water partition coefficient (Wildman–Crippen LogP) is 2.87. The fraction of sp³-hybridized carbons (Fsp3) is 0.500. The summed E-state index contributed by atoms with van der Waals surface area (Å²) in [6.07, 6.45) is 6.94. The van der Waals surface area contributed by atoms with E-state index in [1.165, 1.54) is 18.5 Å². The molecule has 0 bridgehead atoms. The Morgan fingerprint density at radius 3 is 2.75 bits per heavy atom. The number of unbranched alkanes of at least 4 members (excludes halogenated alkanes) is 2. The van der Waals surface area contributed by atoms with Gasteiger partial charge in [0.2, 0.25) is 0 Å². The third-order valence-electron chi connectivity index (χ3n) is 2.86. The van der Waals surface area contributed by atoms with E-state index in [9.17, 15) is 9.59 Å². The van der Waals surface area contributed by atoms with Gasteiger partial charge in [-0.15, -0.1) is 0 Å². The highest BCUT2D eigenvalue weighted by atomic mass is 16.4. The highest BCUT2D eigenvalue weighted by Gasteiger charge is 2.09. The molecule has 1 atom stereocenters. The van der Waals surface area contributed by atoms with Crippen LogP contribution in [0.4, 0.5) is 10.5 Å². The molecule has 1 unspecified atom stereocenters. The molecule has 6 nitrogen and oxygen atoms in total. The molecule has 0 aliphatic heterocycles. The number of hydrogen-bond acceptors (Lipinski definition) is 3. The Balaban J connectivity index is 2.45. The van der Waals surface area contributed by atoms with E-state index in [1.54, 1.807) is 0 Å². The lowest BCUT2D eigenvalue weighted by atomic mass is 10.1. The Hall–Kier alpha value is -2.11. The van der Waals surface area contributed by atoms with Crippen molar-refractivity contribution in [3.8, 4) is 0 Å². The zero-order valence-corrected chi connectivity index (χ0v) is 11.8. The van der Waals surface area contributed by atoms with Crippen LogP contribution in [0, 0.1) is 0 Å². The smallest absolute Gasteiger partial charge is 0.337 e. The van der Waals surface area contributed by atoms with Crippen molar-refractivity contribution in [3.63, 3.8) is 0 Å². The third-order valence-corrected chi connectivity index (χ3v) is 2.86. The van der Waals surface area contributed by atoms with Crippen LogP contribution in [0.1, 0.15) is 49.9 Å². The number of aromatic nitrogens is 1. The molecule has 1 aromatic rings. The van der Waals surface area contributed by atoms with Gasteiger partial charge in [0.05, 0.1) is 17.4 Å². The summed E-state index contributed by atoms with van der Waals surface area (Å²) < 4.78 is 0. The number of hydrogen-bond donors (Lipinski definition) is 3. The number of nitrogens with one attached hydrogen (secondary N) is 2. The largest absolute Gasteiger partial charge is 0.478 e. The van der Waals surface area contributed by atoms with Gasteiger partial charge in [-0.05, 0) is 19.4 Å². The number of carbonyl (C=O) groups is 2. The van der Waals surface area contributed by atoms with Crippen molar-refractivity contribution in [1.29, 1.82) is 0 Å². The lowest BCUT2D eigenvalue weighted by Gasteiger charge is -2.14. The lowest BCUT2D eigenvalue weighted by Crippen LogP contribution is -2.36. The second-order valence-corrected chi connectivity index (χ2v) is 4.76. The van der Waals surface area contributed by atoms with Crippen molar-refractivity contribution in [1.82, 2.24) is 10.3 Å². The molecule has 0 aliphatic carbocycles. The summed E-state index contributed by atoms with van der Waals surface area (Å²) in [5, 5.41) is 14.2. The fourth-order valence-electron chi connectivity index (χ4n) is 1.79. The topological polar surface area (TPSA) is 91.3 Å². The molecule has 0 saturated heterocycles. The number of carbonyl (C=O) groups excluding carboxylic acids is 1. The molecule has 110 valence electrons. The van der Waals surface area contributed by atoms with Crippen molar-refractivity contribution < 1.29 is 14.7 Å². The van der Waals surface area contributed by atoms with Gasteiger partial charge in [0.15, 0.2) is 0 Å². The molecule has 3 N–H and O–H groups in total. The minimum Gasteiger partial charge on any atom is -0.478 e. The number of nitrogens with zero attached hydrogens (tertiary/aromatic N) is 1. The van der Waals surface area contributed by atoms with E-state index in [-0.39, 0.29) is 17.6 Å². The minimum absolute atomic E-state index is 0.0406. The number of aromatic carboxylic acids is 1. The van der Waals surface area contributed by atoms with E-state index >= 15 is 0 Å². The van der Waals surface area contributed by atoms with Crippen LogP contribution in [0.5, 0.6) is 0 Å². The average Bonchev–Trinajstić information content (AvgIpc) is 2.39. The molecule has 0 radical (unpaired) electrons. The van der Waals surface area contributed by atoms with Crippen LogP contribution in [-0.4, -0.2) is 28.1 Å². The molecule has 1 heterocycles. The summed E-state index contributed by atoms with van der Waals surface area (Å²) in [4.78, 5) is 26.3. The highest BCUT2D eigenvalue weighted by molar-refractivity contribution is 5.92. The number of carboxylic acid groups (broad SMARTS) is 1. The predicted molar refractivity (Wildman–Crippen MR) is 77.0 cm³/mol. The molecule has 2 amide bonds. The molecule has 1 aromatic heterocycles. The Bertz CT molecular complexity index is 463. The van der Waals surface area contributed by atoms with Crippen LogP contribution < -0.4 is 10.6 Å². The van der Waals surface area contributed by atoms with E-state index < -0.39 is 5.97 Å². The molecule has 6 heteroatoms. The van der Waals surface area contributed by atoms with Crippen molar-refractivity contribution in [2.24, 2.45) is 0 Å². The summed E-state index contributed by atoms with van der Waals surface area (Å²) in [5.41, 5.74) is 0.405. The number of pyridine rings is 1. The van der Waals surface area contributed by atoms with Crippen LogP contribution in [0.2, 0.25) is 0 Å². The molecule has 0 aromatic carbocycles. The third kappa shape index (κ3) is 5.69.